The van der Waals surface area contributed by atoms with Crippen LogP contribution in [-0.4, -0.2) is 94.6 Å². The van der Waals surface area contributed by atoms with Crippen molar-refractivity contribution < 1.29 is 45.9 Å². The Labute approximate surface area is 348 Å². The molecule has 0 unspecified atom stereocenters. The fourth-order valence-electron chi connectivity index (χ4n) is 9.21. The number of alkyl halides is 2. The van der Waals surface area contributed by atoms with Gasteiger partial charge in [0.25, 0.3) is 5.91 Å². The quantitative estimate of drug-likeness (QED) is 0.260. The lowest BCUT2D eigenvalue weighted by Crippen LogP contribution is -2.60. The average Bonchev–Trinajstić information content (AvgIpc) is 4.02. The number of alkyl carbamates (subject to hydrolysis) is 1. The van der Waals surface area contributed by atoms with Gasteiger partial charge in [-0.25, -0.2) is 32.0 Å². The highest BCUT2D eigenvalue weighted by Gasteiger charge is 2.67. The Hall–Kier alpha value is -4.67. The number of amides is 4. The van der Waals surface area contributed by atoms with Crippen LogP contribution in [0.15, 0.2) is 36.4 Å². The van der Waals surface area contributed by atoms with Crippen LogP contribution in [0.3, 0.4) is 0 Å². The summed E-state index contributed by atoms with van der Waals surface area (Å²) in [6, 6.07) is 9.10. The third-order valence-corrected chi connectivity index (χ3v) is 15.5. The van der Waals surface area contributed by atoms with E-state index in [-0.39, 0.29) is 30.9 Å². The maximum Gasteiger partial charge on any atom is 0.408 e. The summed E-state index contributed by atoms with van der Waals surface area (Å²) in [4.78, 5) is 67.8. The van der Waals surface area contributed by atoms with Gasteiger partial charge in [-0.05, 0) is 87.5 Å². The van der Waals surface area contributed by atoms with Gasteiger partial charge in [-0.1, -0.05) is 63.9 Å². The number of carbonyl (C=O) groups is 4. The van der Waals surface area contributed by atoms with Gasteiger partial charge in [0.15, 0.2) is 0 Å². The van der Waals surface area contributed by atoms with Gasteiger partial charge in [0, 0.05) is 11.8 Å². The molecule has 8 rings (SSSR count). The number of hydrogen-bond donors (Lipinski definition) is 3. The predicted molar refractivity (Wildman–Crippen MR) is 217 cm³/mol. The maximum absolute atomic E-state index is 14.8. The minimum atomic E-state index is -4.23. The molecule has 3 heterocycles. The number of benzene rings is 2. The lowest BCUT2D eigenvalue weighted by Gasteiger charge is -2.35. The van der Waals surface area contributed by atoms with Crippen molar-refractivity contribution in [2.24, 2.45) is 17.3 Å². The number of ether oxygens (including phenoxy) is 2. The van der Waals surface area contributed by atoms with Crippen molar-refractivity contribution in [1.82, 2.24) is 30.2 Å². The average molecular weight is 853 g/mol. The molecule has 2 aromatic carbocycles. The summed E-state index contributed by atoms with van der Waals surface area (Å²) in [6.45, 7) is 6.58. The highest BCUT2D eigenvalue weighted by Crippen LogP contribution is 2.49. The molecule has 3 aliphatic carbocycles. The molecule has 1 saturated heterocycles. The zero-order valence-electron chi connectivity index (χ0n) is 34.5. The van der Waals surface area contributed by atoms with Crippen molar-refractivity contribution in [2.75, 3.05) is 6.54 Å². The molecular formula is C43H54F2N6O8S. The van der Waals surface area contributed by atoms with Crippen LogP contribution in [0.1, 0.15) is 104 Å². The number of sulfonamides is 1. The van der Waals surface area contributed by atoms with Crippen LogP contribution < -0.4 is 20.1 Å². The largest absolute Gasteiger partial charge is 0.471 e. The van der Waals surface area contributed by atoms with Crippen molar-refractivity contribution in [3.8, 4) is 5.88 Å². The highest BCUT2D eigenvalue weighted by molar-refractivity contribution is 7.91. The Morgan fingerprint density at radius 1 is 0.983 bits per heavy atom. The van der Waals surface area contributed by atoms with E-state index in [0.717, 1.165) is 49.3 Å². The molecule has 3 aromatic rings. The molecule has 2 aliphatic heterocycles. The van der Waals surface area contributed by atoms with E-state index in [4.69, 9.17) is 19.4 Å². The maximum atomic E-state index is 14.8. The molecule has 60 heavy (non-hydrogen) atoms. The molecule has 4 amide bonds. The monoisotopic (exact) mass is 852 g/mol. The number of fused-ring (bicyclic) bond motifs is 7. The fraction of sp³-hybridized carbons (Fsp3) is 0.628. The number of nitrogens with one attached hydrogen (secondary N) is 3. The van der Waals surface area contributed by atoms with E-state index in [2.05, 4.69) is 10.6 Å². The summed E-state index contributed by atoms with van der Waals surface area (Å²) >= 11 is 0. The zero-order chi connectivity index (χ0) is 42.8. The molecule has 7 atom stereocenters. The second-order valence-corrected chi connectivity index (χ2v) is 21.0. The molecular weight excluding hydrogens is 799 g/mol. The number of rotatable bonds is 6. The number of hydrogen-bond acceptors (Lipinski definition) is 10. The van der Waals surface area contributed by atoms with Gasteiger partial charge in [0.05, 0.1) is 22.7 Å². The molecule has 3 saturated carbocycles. The second kappa shape index (κ2) is 15.7. The van der Waals surface area contributed by atoms with E-state index < -0.39 is 86.5 Å². The molecule has 324 valence electrons. The standard InChI is InChI=1S/C43H54F2N6O8S/c1-41(2,3)34-38(53)51-23-26(21-31(51)36(52)49-43(22-28(43)35(44)45)39(54)50-60(56,57)42(4)19-20-42)58-37-30(46-29-18-17-24-11-8-9-14-27(24)33(29)47-37)15-7-5-6-12-25-13-10-16-32(25)59-40(55)48-34/h8-9,11,14,17-18,25-26,28,31-32,34-35H,5-7,10,12-13,15-16,19-23H2,1-4H3,(H,48,55)(H,49,52)(H,50,54)/t25-,26-,28+,31+,32-,34-,43-/m1/s1. The highest BCUT2D eigenvalue weighted by atomic mass is 32.2. The normalized spacial score (nSPS) is 29.7. The fourth-order valence-corrected chi connectivity index (χ4v) is 10.5. The van der Waals surface area contributed by atoms with Gasteiger partial charge >= 0.3 is 6.09 Å². The lowest BCUT2D eigenvalue weighted by molar-refractivity contribution is -0.143. The third-order valence-electron chi connectivity index (χ3n) is 13.3. The van der Waals surface area contributed by atoms with E-state index in [9.17, 15) is 36.4 Å². The summed E-state index contributed by atoms with van der Waals surface area (Å²) in [5.74, 6) is -4.07. The first-order valence-corrected chi connectivity index (χ1v) is 22.7. The molecule has 0 radical (unpaired) electrons. The van der Waals surface area contributed by atoms with E-state index in [1.807, 2.05) is 41.1 Å². The first-order chi connectivity index (χ1) is 28.4. The molecule has 5 aliphatic rings. The van der Waals surface area contributed by atoms with Gasteiger partial charge in [0.1, 0.15) is 41.0 Å². The van der Waals surface area contributed by atoms with Crippen molar-refractivity contribution in [3.05, 3.63) is 42.1 Å². The number of nitrogens with zero attached hydrogens (tertiary/aromatic N) is 3. The number of carbonyl (C=O) groups excluding carboxylic acids is 4. The van der Waals surface area contributed by atoms with Gasteiger partial charge < -0.3 is 25.0 Å². The molecule has 2 bridgehead atoms. The van der Waals surface area contributed by atoms with Gasteiger partial charge in [-0.3, -0.25) is 19.1 Å². The second-order valence-electron chi connectivity index (χ2n) is 18.8. The van der Waals surface area contributed by atoms with Crippen LogP contribution in [0, 0.1) is 17.3 Å². The van der Waals surface area contributed by atoms with Crippen molar-refractivity contribution in [2.45, 2.75) is 146 Å². The number of aromatic nitrogens is 2. The van der Waals surface area contributed by atoms with Crippen LogP contribution in [0.5, 0.6) is 5.88 Å². The molecule has 0 spiro atoms. The first kappa shape index (κ1) is 42.0. The summed E-state index contributed by atoms with van der Waals surface area (Å²) in [5.41, 5.74) is -1.20. The van der Waals surface area contributed by atoms with Gasteiger partial charge in [0.2, 0.25) is 34.1 Å². The van der Waals surface area contributed by atoms with Crippen LogP contribution >= 0.6 is 0 Å². The number of aryl methyl sites for hydroxylation is 1. The van der Waals surface area contributed by atoms with E-state index >= 15 is 0 Å². The third kappa shape index (κ3) is 8.09. The SMILES string of the molecule is CC(C)(C)[C@@H]1NC(=O)O[C@@H]2CCC[C@H]2CCCCCc2nc3ccc4ccccc4c3nc2O[C@@H]2C[C@@H](C(=O)N[C@]3(C(=O)NS(=O)(=O)C4(C)CC4)C[C@H]3C(F)F)N(C2)C1=O. The lowest BCUT2D eigenvalue weighted by atomic mass is 9.85. The molecule has 17 heteroatoms. The predicted octanol–water partition coefficient (Wildman–Crippen LogP) is 5.70. The molecule has 4 fully saturated rings. The Balaban J connectivity index is 1.15. The summed E-state index contributed by atoms with van der Waals surface area (Å²) in [7, 11) is -4.23. The Bertz CT molecular complexity index is 2320. The van der Waals surface area contributed by atoms with Gasteiger partial charge in [-0.15, -0.1) is 0 Å². The number of halogens is 2. The van der Waals surface area contributed by atoms with Crippen LogP contribution in [-0.2, 0) is 35.6 Å². The summed E-state index contributed by atoms with van der Waals surface area (Å²) < 4.78 is 68.1. The van der Waals surface area contributed by atoms with Gasteiger partial charge in [-0.2, -0.15) is 0 Å². The topological polar surface area (TPSA) is 186 Å². The Morgan fingerprint density at radius 2 is 1.73 bits per heavy atom. The van der Waals surface area contributed by atoms with Crippen molar-refractivity contribution in [1.29, 1.82) is 0 Å². The first-order valence-electron chi connectivity index (χ1n) is 21.2. The molecule has 1 aromatic heterocycles. The van der Waals surface area contributed by atoms with E-state index in [0.29, 0.717) is 42.4 Å². The molecule has 14 nitrogen and oxygen atoms in total. The minimum Gasteiger partial charge on any atom is -0.471 e. The van der Waals surface area contributed by atoms with Crippen LogP contribution in [0.25, 0.3) is 21.8 Å². The summed E-state index contributed by atoms with van der Waals surface area (Å²) in [6.07, 6.45) is 1.53. The van der Waals surface area contributed by atoms with E-state index in [1.165, 1.54) is 11.8 Å². The van der Waals surface area contributed by atoms with Crippen molar-refractivity contribution >= 4 is 55.6 Å². The Kier molecular flexibility index (Phi) is 11.0. The molecule has 3 N–H and O–H groups in total. The smallest absolute Gasteiger partial charge is 0.408 e. The minimum absolute atomic E-state index is 0.134. The van der Waals surface area contributed by atoms with Crippen LogP contribution in [0.2, 0.25) is 0 Å². The van der Waals surface area contributed by atoms with Crippen LogP contribution in [0.4, 0.5) is 13.6 Å². The zero-order valence-corrected chi connectivity index (χ0v) is 35.3. The van der Waals surface area contributed by atoms with Crippen molar-refractivity contribution in [3.63, 3.8) is 0 Å². The Morgan fingerprint density at radius 3 is 2.45 bits per heavy atom. The van der Waals surface area contributed by atoms with E-state index in [1.54, 1.807) is 20.8 Å². The summed E-state index contributed by atoms with van der Waals surface area (Å²) in [5, 5.41) is 7.09.